The van der Waals surface area contributed by atoms with E-state index in [9.17, 15) is 0 Å². The van der Waals surface area contributed by atoms with E-state index in [1.807, 2.05) is 20.8 Å². The van der Waals surface area contributed by atoms with Gasteiger partial charge in [-0.1, -0.05) is 13.8 Å². The summed E-state index contributed by atoms with van der Waals surface area (Å²) in [5.74, 6) is 0. The molecular weight excluding hydrogens is 140 g/mol. The zero-order chi connectivity index (χ0) is 8.85. The van der Waals surface area contributed by atoms with E-state index in [2.05, 4.69) is 11.9 Å². The Hall–Kier alpha value is -0.120. The van der Waals surface area contributed by atoms with Gasteiger partial charge in [-0.2, -0.15) is 5.06 Å². The van der Waals surface area contributed by atoms with Gasteiger partial charge in [0, 0.05) is 25.7 Å². The van der Waals surface area contributed by atoms with Gasteiger partial charge < -0.3 is 10.1 Å². The van der Waals surface area contributed by atoms with Crippen LogP contribution in [0.5, 0.6) is 0 Å². The maximum atomic E-state index is 9.10. The fourth-order valence-corrected chi connectivity index (χ4v) is 1.13. The van der Waals surface area contributed by atoms with Crippen molar-refractivity contribution in [3.8, 4) is 0 Å². The summed E-state index contributed by atoms with van der Waals surface area (Å²) < 4.78 is 0. The third kappa shape index (κ3) is 3.70. The summed E-state index contributed by atoms with van der Waals surface area (Å²) >= 11 is 0. The van der Waals surface area contributed by atoms with Gasteiger partial charge >= 0.3 is 0 Å². The Kier molecular flexibility index (Phi) is 5.46. The molecule has 1 N–H and O–H groups in total. The van der Waals surface area contributed by atoms with Gasteiger partial charge in [-0.05, 0) is 14.0 Å². The summed E-state index contributed by atoms with van der Waals surface area (Å²) in [5.41, 5.74) is 0. The first-order chi connectivity index (χ1) is 5.20. The van der Waals surface area contributed by atoms with Crippen molar-refractivity contribution in [2.24, 2.45) is 0 Å². The van der Waals surface area contributed by atoms with E-state index in [0.29, 0.717) is 6.04 Å². The molecule has 3 nitrogen and oxygen atoms in total. The molecule has 0 aliphatic carbocycles. The van der Waals surface area contributed by atoms with E-state index in [0.717, 1.165) is 19.6 Å². The Morgan fingerprint density at radius 3 is 2.18 bits per heavy atom. The van der Waals surface area contributed by atoms with E-state index < -0.39 is 0 Å². The van der Waals surface area contributed by atoms with E-state index in [1.54, 1.807) is 0 Å². The number of hydrogen-bond acceptors (Lipinski definition) is 3. The predicted molar refractivity (Wildman–Crippen MR) is 46.8 cm³/mol. The molecule has 0 aromatic rings. The minimum absolute atomic E-state index is 0.295. The maximum Gasteiger partial charge on any atom is 0.0449 e. The summed E-state index contributed by atoms with van der Waals surface area (Å²) in [6.07, 6.45) is 0. The Morgan fingerprint density at radius 2 is 1.82 bits per heavy atom. The quantitative estimate of drug-likeness (QED) is 0.573. The minimum Gasteiger partial charge on any atom is -0.314 e. The molecule has 0 aromatic heterocycles. The number of rotatable bonds is 0. The van der Waals surface area contributed by atoms with E-state index in [-0.39, 0.29) is 0 Å². The van der Waals surface area contributed by atoms with E-state index in [4.69, 9.17) is 5.21 Å². The lowest BCUT2D eigenvalue weighted by molar-refractivity contribution is -0.147. The zero-order valence-electron chi connectivity index (χ0n) is 8.04. The van der Waals surface area contributed by atoms with Gasteiger partial charge in [0.15, 0.2) is 0 Å². The second-order valence-electron chi connectivity index (χ2n) is 2.77. The topological polar surface area (TPSA) is 26.7 Å². The lowest BCUT2D eigenvalue weighted by atomic mass is 10.2. The molecule has 1 aliphatic rings. The van der Waals surface area contributed by atoms with Crippen LogP contribution in [-0.4, -0.2) is 47.9 Å². The second kappa shape index (κ2) is 5.52. The van der Waals surface area contributed by atoms with Crippen molar-refractivity contribution >= 4 is 0 Å². The van der Waals surface area contributed by atoms with Gasteiger partial charge in [0.25, 0.3) is 0 Å². The molecule has 3 heteroatoms. The number of hydroxylamine groups is 2. The van der Waals surface area contributed by atoms with Gasteiger partial charge in [0.2, 0.25) is 0 Å². The van der Waals surface area contributed by atoms with Crippen molar-refractivity contribution in [2.45, 2.75) is 26.8 Å². The smallest absolute Gasteiger partial charge is 0.0449 e. The van der Waals surface area contributed by atoms with Crippen LogP contribution in [0.2, 0.25) is 0 Å². The molecule has 1 aliphatic heterocycles. The molecule has 0 bridgehead atoms. The van der Waals surface area contributed by atoms with Gasteiger partial charge in [-0.3, -0.25) is 0 Å². The molecule has 1 atom stereocenters. The minimum atomic E-state index is 0.295. The molecule has 1 rings (SSSR count). The summed E-state index contributed by atoms with van der Waals surface area (Å²) in [6.45, 7) is 8.74. The molecular formula is C8H20N2O. The molecule has 11 heavy (non-hydrogen) atoms. The van der Waals surface area contributed by atoms with Crippen molar-refractivity contribution in [1.29, 1.82) is 0 Å². The maximum absolute atomic E-state index is 9.10. The van der Waals surface area contributed by atoms with Gasteiger partial charge in [-0.25, -0.2) is 0 Å². The summed E-state index contributed by atoms with van der Waals surface area (Å²) in [7, 11) is 2.07. The van der Waals surface area contributed by atoms with Gasteiger partial charge in [0.05, 0.1) is 0 Å². The van der Waals surface area contributed by atoms with Crippen LogP contribution in [0.1, 0.15) is 20.8 Å². The highest BCUT2D eigenvalue weighted by atomic mass is 16.5. The highest BCUT2D eigenvalue weighted by molar-refractivity contribution is 4.70. The highest BCUT2D eigenvalue weighted by Crippen LogP contribution is 2.02. The van der Waals surface area contributed by atoms with Crippen molar-refractivity contribution in [3.63, 3.8) is 0 Å². The standard InChI is InChI=1S/C6H14N2O.C2H6/c1-6-5-7(2)3-4-8(6)9;1-2/h6,9H,3-5H2,1-2H3;1-2H3/t6-;/m0./s1. The average molecular weight is 160 g/mol. The summed E-state index contributed by atoms with van der Waals surface area (Å²) in [5, 5.41) is 10.5. The molecule has 0 saturated carbocycles. The third-order valence-corrected chi connectivity index (χ3v) is 1.80. The monoisotopic (exact) mass is 160 g/mol. The summed E-state index contributed by atoms with van der Waals surface area (Å²) in [4.78, 5) is 2.22. The van der Waals surface area contributed by atoms with Gasteiger partial charge in [0.1, 0.15) is 0 Å². The molecule has 0 amide bonds. The largest absolute Gasteiger partial charge is 0.314 e. The van der Waals surface area contributed by atoms with E-state index in [1.165, 1.54) is 5.06 Å². The number of hydrogen-bond donors (Lipinski definition) is 1. The third-order valence-electron chi connectivity index (χ3n) is 1.80. The summed E-state index contributed by atoms with van der Waals surface area (Å²) in [6, 6.07) is 0.295. The second-order valence-corrected chi connectivity index (χ2v) is 2.77. The van der Waals surface area contributed by atoms with Crippen molar-refractivity contribution in [1.82, 2.24) is 9.96 Å². The first-order valence-corrected chi connectivity index (χ1v) is 4.34. The first kappa shape index (κ1) is 10.9. The lowest BCUT2D eigenvalue weighted by Gasteiger charge is -2.33. The van der Waals surface area contributed by atoms with Gasteiger partial charge in [-0.15, -0.1) is 0 Å². The van der Waals surface area contributed by atoms with Crippen LogP contribution in [0.3, 0.4) is 0 Å². The zero-order valence-corrected chi connectivity index (χ0v) is 8.04. The predicted octanol–water partition coefficient (Wildman–Crippen LogP) is 1.04. The lowest BCUT2D eigenvalue weighted by Crippen LogP contribution is -2.48. The van der Waals surface area contributed by atoms with Crippen LogP contribution < -0.4 is 0 Å². The SMILES string of the molecule is CC.C[C@H]1CN(C)CCN1O. The molecule has 0 aromatic carbocycles. The Bertz CT molecular complexity index is 98.1. The molecule has 0 spiro atoms. The molecule has 1 heterocycles. The number of piperazine rings is 1. The van der Waals surface area contributed by atoms with Crippen molar-refractivity contribution in [2.75, 3.05) is 26.7 Å². The van der Waals surface area contributed by atoms with Crippen LogP contribution in [-0.2, 0) is 0 Å². The van der Waals surface area contributed by atoms with Crippen LogP contribution in [0.15, 0.2) is 0 Å². The molecule has 0 radical (unpaired) electrons. The van der Waals surface area contributed by atoms with Crippen LogP contribution in [0.4, 0.5) is 0 Å². The van der Waals surface area contributed by atoms with Crippen LogP contribution in [0.25, 0.3) is 0 Å². The van der Waals surface area contributed by atoms with Crippen LogP contribution in [0, 0.1) is 0 Å². The Morgan fingerprint density at radius 1 is 1.27 bits per heavy atom. The molecule has 1 saturated heterocycles. The normalized spacial score (nSPS) is 27.5. The number of nitrogens with zero attached hydrogens (tertiary/aromatic N) is 2. The molecule has 1 fully saturated rings. The van der Waals surface area contributed by atoms with Crippen molar-refractivity contribution in [3.05, 3.63) is 0 Å². The van der Waals surface area contributed by atoms with E-state index >= 15 is 0 Å². The van der Waals surface area contributed by atoms with Crippen LogP contribution >= 0.6 is 0 Å². The van der Waals surface area contributed by atoms with Crippen molar-refractivity contribution < 1.29 is 5.21 Å². The highest BCUT2D eigenvalue weighted by Gasteiger charge is 2.18. The average Bonchev–Trinajstić information content (AvgIpc) is 2.02. The fourth-order valence-electron chi connectivity index (χ4n) is 1.13. The molecule has 68 valence electrons. The first-order valence-electron chi connectivity index (χ1n) is 4.34. The fraction of sp³-hybridized carbons (Fsp3) is 1.00. The number of likely N-dealkylation sites (N-methyl/N-ethyl adjacent to an activating group) is 1. The Balaban J connectivity index is 0.000000461. The Labute approximate surface area is 69.6 Å². The molecule has 0 unspecified atom stereocenters.